The van der Waals surface area contributed by atoms with Gasteiger partial charge in [-0.15, -0.1) is 0 Å². The van der Waals surface area contributed by atoms with Crippen LogP contribution in [0.4, 0.5) is 0 Å². The molecule has 1 aromatic carbocycles. The van der Waals surface area contributed by atoms with E-state index < -0.39 is 5.97 Å². The molecule has 0 atom stereocenters. The Balaban J connectivity index is 2.19. The average Bonchev–Trinajstić information content (AvgIpc) is 2.85. The number of fused-ring (bicyclic) bond motifs is 2. The Hall–Kier alpha value is -1.31. The summed E-state index contributed by atoms with van der Waals surface area (Å²) in [6, 6.07) is 5.72. The van der Waals surface area contributed by atoms with Gasteiger partial charge in [0.1, 0.15) is 0 Å². The fourth-order valence-electron chi connectivity index (χ4n) is 2.72. The highest BCUT2D eigenvalue weighted by molar-refractivity contribution is 5.90. The van der Waals surface area contributed by atoms with E-state index in [1.807, 2.05) is 6.07 Å². The molecule has 1 fully saturated rings. The van der Waals surface area contributed by atoms with Gasteiger partial charge in [-0.2, -0.15) is 0 Å². The van der Waals surface area contributed by atoms with Gasteiger partial charge in [0.15, 0.2) is 0 Å². The molecule has 72 valence electrons. The summed E-state index contributed by atoms with van der Waals surface area (Å²) in [5.41, 5.74) is 3.32. The topological polar surface area (TPSA) is 37.3 Å². The van der Waals surface area contributed by atoms with Crippen molar-refractivity contribution in [2.75, 3.05) is 0 Å². The molecule has 2 aliphatic rings. The summed E-state index contributed by atoms with van der Waals surface area (Å²) in [6.07, 6.45) is 4.62. The first-order valence-electron chi connectivity index (χ1n) is 5.09. The van der Waals surface area contributed by atoms with E-state index in [1.54, 1.807) is 6.07 Å². The Kier molecular flexibility index (Phi) is 1.37. The number of aromatic carboxylic acids is 1. The van der Waals surface area contributed by atoms with Crippen LogP contribution in [-0.4, -0.2) is 11.1 Å². The molecular weight excluding hydrogens is 176 g/mol. The standard InChI is InChI=1S/C12H12O2/c13-11(14)9-2-1-3-10-8(9)4-5-12(10)6-7-12/h1-3H,4-7H2,(H,13,14). The van der Waals surface area contributed by atoms with Gasteiger partial charge in [0, 0.05) is 0 Å². The SMILES string of the molecule is O=C(O)c1cccc2c1CCC21CC1. The first-order chi connectivity index (χ1) is 6.73. The monoisotopic (exact) mass is 188 g/mol. The molecule has 1 saturated carbocycles. The average molecular weight is 188 g/mol. The zero-order chi connectivity index (χ0) is 9.76. The Morgan fingerprint density at radius 1 is 1.29 bits per heavy atom. The lowest BCUT2D eigenvalue weighted by atomic mass is 9.96. The van der Waals surface area contributed by atoms with Gasteiger partial charge in [0.2, 0.25) is 0 Å². The fraction of sp³-hybridized carbons (Fsp3) is 0.417. The molecule has 0 aromatic heterocycles. The number of carboxylic acid groups (broad SMARTS) is 1. The maximum atomic E-state index is 11.0. The number of carbonyl (C=O) groups is 1. The second-order valence-electron chi connectivity index (χ2n) is 4.42. The van der Waals surface area contributed by atoms with Crippen LogP contribution in [0.25, 0.3) is 0 Å². The molecule has 0 aliphatic heterocycles. The molecule has 0 saturated heterocycles. The van der Waals surface area contributed by atoms with Crippen LogP contribution in [0, 0.1) is 0 Å². The summed E-state index contributed by atoms with van der Waals surface area (Å²) < 4.78 is 0. The minimum absolute atomic E-state index is 0.390. The van der Waals surface area contributed by atoms with Crippen molar-refractivity contribution in [3.63, 3.8) is 0 Å². The third kappa shape index (κ3) is 0.884. The van der Waals surface area contributed by atoms with Gasteiger partial charge < -0.3 is 5.11 Å². The van der Waals surface area contributed by atoms with Crippen molar-refractivity contribution in [1.29, 1.82) is 0 Å². The van der Waals surface area contributed by atoms with E-state index in [9.17, 15) is 4.79 Å². The van der Waals surface area contributed by atoms with Crippen molar-refractivity contribution in [1.82, 2.24) is 0 Å². The fourth-order valence-corrected chi connectivity index (χ4v) is 2.72. The maximum absolute atomic E-state index is 11.0. The van der Waals surface area contributed by atoms with E-state index in [-0.39, 0.29) is 0 Å². The molecule has 1 spiro atoms. The van der Waals surface area contributed by atoms with Gasteiger partial charge in [0.05, 0.1) is 5.56 Å². The van der Waals surface area contributed by atoms with Crippen molar-refractivity contribution in [3.8, 4) is 0 Å². The molecule has 14 heavy (non-hydrogen) atoms. The Labute approximate surface area is 82.6 Å². The van der Waals surface area contributed by atoms with E-state index >= 15 is 0 Å². The number of rotatable bonds is 1. The Morgan fingerprint density at radius 2 is 2.07 bits per heavy atom. The van der Waals surface area contributed by atoms with Crippen molar-refractivity contribution < 1.29 is 9.90 Å². The summed E-state index contributed by atoms with van der Waals surface area (Å²) in [6.45, 7) is 0. The lowest BCUT2D eigenvalue weighted by molar-refractivity contribution is 0.0696. The van der Waals surface area contributed by atoms with Gasteiger partial charge in [-0.05, 0) is 48.3 Å². The van der Waals surface area contributed by atoms with Crippen molar-refractivity contribution in [2.24, 2.45) is 0 Å². The van der Waals surface area contributed by atoms with E-state index in [0.717, 1.165) is 18.4 Å². The Bertz CT molecular complexity index is 416. The molecule has 0 radical (unpaired) electrons. The van der Waals surface area contributed by atoms with Gasteiger partial charge in [0.25, 0.3) is 0 Å². The summed E-state index contributed by atoms with van der Waals surface area (Å²) in [5, 5.41) is 9.04. The maximum Gasteiger partial charge on any atom is 0.335 e. The highest BCUT2D eigenvalue weighted by atomic mass is 16.4. The van der Waals surface area contributed by atoms with Gasteiger partial charge in [-0.1, -0.05) is 12.1 Å². The first kappa shape index (κ1) is 8.04. The minimum Gasteiger partial charge on any atom is -0.478 e. The minimum atomic E-state index is -0.778. The molecule has 0 amide bonds. The third-order valence-electron chi connectivity index (χ3n) is 3.68. The normalized spacial score (nSPS) is 20.9. The Morgan fingerprint density at radius 3 is 2.71 bits per heavy atom. The number of benzene rings is 1. The van der Waals surface area contributed by atoms with Gasteiger partial charge >= 0.3 is 5.97 Å². The molecule has 1 N–H and O–H groups in total. The number of hydrogen-bond acceptors (Lipinski definition) is 1. The molecule has 1 aromatic rings. The highest BCUT2D eigenvalue weighted by Gasteiger charge is 2.49. The highest BCUT2D eigenvalue weighted by Crippen LogP contribution is 2.57. The quantitative estimate of drug-likeness (QED) is 0.734. The van der Waals surface area contributed by atoms with Crippen LogP contribution < -0.4 is 0 Å². The largest absolute Gasteiger partial charge is 0.478 e. The molecule has 0 bridgehead atoms. The molecule has 2 heteroatoms. The van der Waals surface area contributed by atoms with Crippen LogP contribution >= 0.6 is 0 Å². The van der Waals surface area contributed by atoms with Crippen LogP contribution in [-0.2, 0) is 11.8 Å². The third-order valence-corrected chi connectivity index (χ3v) is 3.68. The van der Waals surface area contributed by atoms with Crippen LogP contribution in [0.3, 0.4) is 0 Å². The predicted octanol–water partition coefficient (Wildman–Crippen LogP) is 2.36. The molecule has 2 aliphatic carbocycles. The van der Waals surface area contributed by atoms with E-state index in [4.69, 9.17) is 5.11 Å². The van der Waals surface area contributed by atoms with Crippen LogP contribution in [0.1, 0.15) is 40.7 Å². The number of hydrogen-bond donors (Lipinski definition) is 1. The number of carboxylic acids is 1. The van der Waals surface area contributed by atoms with Crippen LogP contribution in [0.15, 0.2) is 18.2 Å². The summed E-state index contributed by atoms with van der Waals surface area (Å²) in [4.78, 5) is 11.0. The predicted molar refractivity (Wildman–Crippen MR) is 52.6 cm³/mol. The lowest BCUT2D eigenvalue weighted by Gasteiger charge is -2.08. The van der Waals surface area contributed by atoms with Crippen molar-refractivity contribution in [3.05, 3.63) is 34.9 Å². The zero-order valence-corrected chi connectivity index (χ0v) is 7.92. The molecule has 3 rings (SSSR count). The van der Waals surface area contributed by atoms with Crippen LogP contribution in [0.2, 0.25) is 0 Å². The smallest absolute Gasteiger partial charge is 0.335 e. The van der Waals surface area contributed by atoms with Crippen molar-refractivity contribution >= 4 is 5.97 Å². The first-order valence-corrected chi connectivity index (χ1v) is 5.09. The molecule has 2 nitrogen and oxygen atoms in total. The second kappa shape index (κ2) is 2.38. The van der Waals surface area contributed by atoms with E-state index in [0.29, 0.717) is 11.0 Å². The summed E-state index contributed by atoms with van der Waals surface area (Å²) >= 11 is 0. The molecule has 0 unspecified atom stereocenters. The second-order valence-corrected chi connectivity index (χ2v) is 4.42. The van der Waals surface area contributed by atoms with Crippen molar-refractivity contribution in [2.45, 2.75) is 31.1 Å². The van der Waals surface area contributed by atoms with E-state index in [1.165, 1.54) is 18.4 Å². The lowest BCUT2D eigenvalue weighted by Crippen LogP contribution is -2.04. The molecular formula is C12H12O2. The molecule has 0 heterocycles. The summed E-state index contributed by atoms with van der Waals surface area (Å²) in [5.74, 6) is -0.778. The van der Waals surface area contributed by atoms with Gasteiger partial charge in [-0.3, -0.25) is 0 Å². The zero-order valence-electron chi connectivity index (χ0n) is 7.92. The van der Waals surface area contributed by atoms with Gasteiger partial charge in [-0.25, -0.2) is 4.79 Å². The van der Waals surface area contributed by atoms with E-state index in [2.05, 4.69) is 6.07 Å². The van der Waals surface area contributed by atoms with Crippen LogP contribution in [0.5, 0.6) is 0 Å². The summed E-state index contributed by atoms with van der Waals surface area (Å²) in [7, 11) is 0.